The summed E-state index contributed by atoms with van der Waals surface area (Å²) >= 11 is 0. The molecular weight excluding hydrogens is 285 g/mol. The van der Waals surface area contributed by atoms with E-state index >= 15 is 0 Å². The van der Waals surface area contributed by atoms with Gasteiger partial charge in [-0.3, -0.25) is 14.8 Å². The molecule has 0 aliphatic heterocycles. The molecule has 1 aromatic carbocycles. The van der Waals surface area contributed by atoms with Gasteiger partial charge in [-0.15, -0.1) is 0 Å². The van der Waals surface area contributed by atoms with Crippen LogP contribution in [0.2, 0.25) is 0 Å². The van der Waals surface area contributed by atoms with E-state index in [2.05, 4.69) is 15.4 Å². The van der Waals surface area contributed by atoms with Gasteiger partial charge in [0.15, 0.2) is 11.6 Å². The highest BCUT2D eigenvalue weighted by Crippen LogP contribution is 2.26. The summed E-state index contributed by atoms with van der Waals surface area (Å²) in [6.07, 6.45) is 1.45. The fraction of sp³-hybridized carbons (Fsp3) is 0.182. The number of nitrogens with one attached hydrogen (secondary N) is 1. The summed E-state index contributed by atoms with van der Waals surface area (Å²) in [5.74, 6) is -2.07. The Morgan fingerprint density at radius 3 is 2.81 bits per heavy atom. The fourth-order valence-electron chi connectivity index (χ4n) is 1.66. The molecule has 0 fully saturated rings. The number of anilines is 1. The monoisotopic (exact) mass is 295 g/mol. The third kappa shape index (κ3) is 3.11. The van der Waals surface area contributed by atoms with Crippen molar-refractivity contribution >= 4 is 17.3 Å². The van der Waals surface area contributed by atoms with Crippen LogP contribution >= 0.6 is 0 Å². The average Bonchev–Trinajstić information content (AvgIpc) is 2.82. The predicted molar refractivity (Wildman–Crippen MR) is 68.3 cm³/mol. The van der Waals surface area contributed by atoms with Crippen LogP contribution in [0.25, 0.3) is 0 Å². The number of aromatic carboxylic acids is 1. The van der Waals surface area contributed by atoms with Gasteiger partial charge in [0.1, 0.15) is 11.9 Å². The number of halogens is 1. The first-order valence-electron chi connectivity index (χ1n) is 5.68. The highest BCUT2D eigenvalue weighted by Gasteiger charge is 2.23. The summed E-state index contributed by atoms with van der Waals surface area (Å²) in [5, 5.41) is 26.2. The van der Waals surface area contributed by atoms with Crippen LogP contribution in [0.1, 0.15) is 16.2 Å². The van der Waals surface area contributed by atoms with Crippen LogP contribution in [0.15, 0.2) is 18.5 Å². The number of carbonyl (C=O) groups is 1. The van der Waals surface area contributed by atoms with Crippen LogP contribution in [-0.4, -0.2) is 30.8 Å². The fourth-order valence-corrected chi connectivity index (χ4v) is 1.66. The largest absolute Gasteiger partial charge is 0.477 e. The maximum absolute atomic E-state index is 13.8. The highest BCUT2D eigenvalue weighted by molar-refractivity contribution is 5.93. The summed E-state index contributed by atoms with van der Waals surface area (Å²) in [7, 11) is 1.66. The number of nitro groups is 1. The molecular formula is C11H10FN5O4. The second-order valence-corrected chi connectivity index (χ2v) is 4.10. The lowest BCUT2D eigenvalue weighted by Crippen LogP contribution is -2.08. The van der Waals surface area contributed by atoms with Gasteiger partial charge in [0.2, 0.25) is 0 Å². The first-order valence-corrected chi connectivity index (χ1v) is 5.68. The lowest BCUT2D eigenvalue weighted by Gasteiger charge is -2.07. The van der Waals surface area contributed by atoms with Gasteiger partial charge in [-0.1, -0.05) is 0 Å². The highest BCUT2D eigenvalue weighted by atomic mass is 19.1. The van der Waals surface area contributed by atoms with Gasteiger partial charge in [0, 0.05) is 7.05 Å². The second kappa shape index (κ2) is 5.53. The van der Waals surface area contributed by atoms with E-state index in [4.69, 9.17) is 5.11 Å². The Hall–Kier alpha value is -3.04. The van der Waals surface area contributed by atoms with Crippen LogP contribution < -0.4 is 5.32 Å². The third-order valence-corrected chi connectivity index (χ3v) is 2.60. The van der Waals surface area contributed by atoms with E-state index in [1.807, 2.05) is 0 Å². The lowest BCUT2D eigenvalue weighted by molar-refractivity contribution is -0.385. The predicted octanol–water partition coefficient (Wildman–Crippen LogP) is 1.17. The number of carboxylic acids is 1. The van der Waals surface area contributed by atoms with E-state index < -0.39 is 28.0 Å². The SMILES string of the molecule is Cn1cnc(CNc2cc(C(=O)O)c([N+](=O)[O-])cc2F)n1. The Labute approximate surface area is 117 Å². The molecule has 2 aromatic rings. The van der Waals surface area contributed by atoms with Gasteiger partial charge in [-0.25, -0.2) is 14.2 Å². The van der Waals surface area contributed by atoms with Gasteiger partial charge in [-0.2, -0.15) is 5.10 Å². The summed E-state index contributed by atoms with van der Waals surface area (Å²) in [6, 6.07) is 1.44. The van der Waals surface area contributed by atoms with Crippen molar-refractivity contribution in [3.63, 3.8) is 0 Å². The first kappa shape index (κ1) is 14.4. The first-order chi connectivity index (χ1) is 9.88. The van der Waals surface area contributed by atoms with E-state index in [9.17, 15) is 19.3 Å². The van der Waals surface area contributed by atoms with Crippen molar-refractivity contribution in [2.24, 2.45) is 7.05 Å². The molecule has 1 aromatic heterocycles. The number of rotatable bonds is 5. The molecule has 0 amide bonds. The maximum Gasteiger partial charge on any atom is 0.342 e. The molecule has 10 heteroatoms. The van der Waals surface area contributed by atoms with Gasteiger partial charge in [0.25, 0.3) is 5.69 Å². The van der Waals surface area contributed by atoms with Crippen LogP contribution in [-0.2, 0) is 13.6 Å². The number of aryl methyl sites for hydroxylation is 1. The summed E-state index contributed by atoms with van der Waals surface area (Å²) in [5.41, 5.74) is -1.58. The molecule has 0 atom stereocenters. The van der Waals surface area contributed by atoms with Crippen molar-refractivity contribution in [2.75, 3.05) is 5.32 Å². The smallest absolute Gasteiger partial charge is 0.342 e. The number of nitro benzene ring substituents is 1. The zero-order valence-corrected chi connectivity index (χ0v) is 10.8. The van der Waals surface area contributed by atoms with Gasteiger partial charge < -0.3 is 10.4 Å². The number of nitrogens with zero attached hydrogens (tertiary/aromatic N) is 4. The second-order valence-electron chi connectivity index (χ2n) is 4.10. The van der Waals surface area contributed by atoms with Gasteiger partial charge in [0.05, 0.1) is 23.2 Å². The summed E-state index contributed by atoms with van der Waals surface area (Å²) in [6.45, 7) is 0.0502. The van der Waals surface area contributed by atoms with E-state index in [0.29, 0.717) is 11.9 Å². The van der Waals surface area contributed by atoms with E-state index in [-0.39, 0.29) is 12.2 Å². The molecule has 2 N–H and O–H groups in total. The number of hydrogen-bond acceptors (Lipinski definition) is 6. The molecule has 0 bridgehead atoms. The van der Waals surface area contributed by atoms with Crippen molar-refractivity contribution < 1.29 is 19.2 Å². The van der Waals surface area contributed by atoms with E-state index in [1.165, 1.54) is 11.0 Å². The van der Waals surface area contributed by atoms with E-state index in [1.54, 1.807) is 7.05 Å². The number of carboxylic acid groups (broad SMARTS) is 1. The van der Waals surface area contributed by atoms with Crippen molar-refractivity contribution in [2.45, 2.75) is 6.54 Å². The molecule has 1 heterocycles. The van der Waals surface area contributed by atoms with Crippen LogP contribution in [0.5, 0.6) is 0 Å². The zero-order valence-electron chi connectivity index (χ0n) is 10.8. The Bertz CT molecular complexity index is 715. The lowest BCUT2D eigenvalue weighted by atomic mass is 10.1. The Balaban J connectivity index is 2.29. The minimum absolute atomic E-state index is 0.0502. The molecule has 0 saturated heterocycles. The van der Waals surface area contributed by atoms with Gasteiger partial charge in [-0.05, 0) is 6.07 Å². The molecule has 0 aliphatic rings. The third-order valence-electron chi connectivity index (χ3n) is 2.60. The number of aromatic nitrogens is 3. The molecule has 9 nitrogen and oxygen atoms in total. The molecule has 2 rings (SSSR count). The molecule has 21 heavy (non-hydrogen) atoms. The summed E-state index contributed by atoms with van der Waals surface area (Å²) in [4.78, 5) is 24.6. The van der Waals surface area contributed by atoms with Crippen LogP contribution in [0.4, 0.5) is 15.8 Å². The summed E-state index contributed by atoms with van der Waals surface area (Å²) < 4.78 is 15.2. The number of hydrogen-bond donors (Lipinski definition) is 2. The normalized spacial score (nSPS) is 10.4. The van der Waals surface area contributed by atoms with Gasteiger partial charge >= 0.3 is 5.97 Å². The minimum atomic E-state index is -1.51. The molecule has 0 spiro atoms. The maximum atomic E-state index is 13.8. The van der Waals surface area contributed by atoms with Crippen molar-refractivity contribution in [1.82, 2.24) is 14.8 Å². The molecule has 0 saturated carbocycles. The number of benzene rings is 1. The van der Waals surface area contributed by atoms with Crippen LogP contribution in [0, 0.1) is 15.9 Å². The van der Waals surface area contributed by atoms with Crippen molar-refractivity contribution in [1.29, 1.82) is 0 Å². The Kier molecular flexibility index (Phi) is 3.78. The topological polar surface area (TPSA) is 123 Å². The molecule has 0 aliphatic carbocycles. The van der Waals surface area contributed by atoms with Crippen molar-refractivity contribution in [3.05, 3.63) is 45.8 Å². The minimum Gasteiger partial charge on any atom is -0.477 e. The Morgan fingerprint density at radius 1 is 1.57 bits per heavy atom. The zero-order chi connectivity index (χ0) is 15.6. The average molecular weight is 295 g/mol. The molecule has 0 unspecified atom stereocenters. The quantitative estimate of drug-likeness (QED) is 0.626. The standard InChI is InChI=1S/C11H10FN5O4/c1-16-5-14-10(15-16)4-13-8-2-6(11(18)19)9(17(20)21)3-7(8)12/h2-3,5,13H,4H2,1H3,(H,18,19). The molecule has 0 radical (unpaired) electrons. The Morgan fingerprint density at radius 2 is 2.29 bits per heavy atom. The molecule has 110 valence electrons. The van der Waals surface area contributed by atoms with E-state index in [0.717, 1.165) is 6.07 Å². The van der Waals surface area contributed by atoms with Crippen molar-refractivity contribution in [3.8, 4) is 0 Å². The van der Waals surface area contributed by atoms with Crippen LogP contribution in [0.3, 0.4) is 0 Å².